The Morgan fingerprint density at radius 3 is 1.08 bits per heavy atom. The molecule has 16 rings (SSSR count). The van der Waals surface area contributed by atoms with Crippen molar-refractivity contribution in [3.63, 3.8) is 0 Å². The zero-order valence-electron chi connectivity index (χ0n) is 73.3. The number of esters is 2. The van der Waals surface area contributed by atoms with Crippen LogP contribution >= 0.6 is 0 Å². The van der Waals surface area contributed by atoms with Crippen LogP contribution in [0.25, 0.3) is 0 Å². The van der Waals surface area contributed by atoms with E-state index in [0.717, 1.165) is 27.3 Å². The van der Waals surface area contributed by atoms with Crippen molar-refractivity contribution in [1.82, 2.24) is 5.32 Å². The molecule has 1 aliphatic rings. The molecular formula is C113H80N8O15. The number of carbonyl (C=O) groups is 11. The van der Waals surface area contributed by atoms with Crippen LogP contribution in [-0.2, 0) is 0 Å². The van der Waals surface area contributed by atoms with Crippen LogP contribution in [-0.4, -0.2) is 79.1 Å². The molecule has 136 heavy (non-hydrogen) atoms. The third-order valence-corrected chi connectivity index (χ3v) is 20.4. The van der Waals surface area contributed by atoms with Crippen molar-refractivity contribution in [3.8, 4) is 82.9 Å². The number of ether oxygens (including phenoxy) is 4. The minimum Gasteiger partial charge on any atom is -0.457 e. The fraction of sp³-hybridized carbons (Fsp3) is 0.0354. The number of nitrogens with zero attached hydrogens (tertiary/aromatic N) is 1. The Labute approximate surface area is 782 Å². The van der Waals surface area contributed by atoms with Crippen LogP contribution in [0.5, 0.6) is 34.5 Å². The van der Waals surface area contributed by atoms with E-state index in [1.165, 1.54) is 56.4 Å². The van der Waals surface area contributed by atoms with Crippen molar-refractivity contribution >= 4 is 105 Å². The fourth-order valence-corrected chi connectivity index (χ4v) is 13.6. The Hall–Kier alpha value is -19.5. The molecule has 662 valence electrons. The number of aryl methyl sites for hydroxylation is 1. The van der Waals surface area contributed by atoms with Gasteiger partial charge in [-0.25, -0.2) is 14.5 Å². The third-order valence-electron chi connectivity index (χ3n) is 20.4. The van der Waals surface area contributed by atoms with Crippen molar-refractivity contribution < 1.29 is 71.7 Å². The van der Waals surface area contributed by atoms with E-state index in [2.05, 4.69) is 72.7 Å². The molecule has 0 bridgehead atoms. The number of ketones is 1. The molecule has 15 aromatic carbocycles. The van der Waals surface area contributed by atoms with Gasteiger partial charge in [-0.3, -0.25) is 43.2 Å². The maximum atomic E-state index is 13.7. The van der Waals surface area contributed by atoms with Crippen LogP contribution in [0.4, 0.5) is 39.8 Å². The summed E-state index contributed by atoms with van der Waals surface area (Å²) < 4.78 is 23.1. The van der Waals surface area contributed by atoms with E-state index < -0.39 is 29.7 Å². The van der Waals surface area contributed by atoms with Gasteiger partial charge in [0.05, 0.1) is 27.9 Å². The van der Waals surface area contributed by atoms with Crippen molar-refractivity contribution in [2.75, 3.05) is 50.9 Å². The fourth-order valence-electron chi connectivity index (χ4n) is 13.6. The Morgan fingerprint density at radius 1 is 0.279 bits per heavy atom. The number of carbonyl (C=O) groups excluding carboxylic acids is 11. The number of fused-ring (bicyclic) bond motifs is 1. The van der Waals surface area contributed by atoms with Crippen molar-refractivity contribution in [2.45, 2.75) is 13.8 Å². The lowest BCUT2D eigenvalue weighted by Crippen LogP contribution is -2.30. The molecule has 0 atom stereocenters. The number of amides is 8. The highest BCUT2D eigenvalue weighted by Crippen LogP contribution is 2.34. The van der Waals surface area contributed by atoms with Gasteiger partial charge in [-0.1, -0.05) is 114 Å². The summed E-state index contributed by atoms with van der Waals surface area (Å²) >= 11 is 0. The SMILES string of the molecule is C#Cc1ccc2c(c1)C(=O)N(c1cc(C(=O)Oc3cccc(C#Cc4ccccc4)c3)cc(C(=O)Oc3cccc(C#Cc4ccccc4)c3)c1)C2=O.C#Cc1cccc(NC(=O)c2cc(C)cc(NC(=O)c3cccc(C(=O)Nc4ccc(Oc5ccc(NC)cc5)cc4)c3)c2)c1.CNC(=O)c1cccc(C(=O)Nc2ccc(Oc3ccc(NC(=O)c4cccc(C(C)=O)c4)cc3)cc2)c1. The lowest BCUT2D eigenvalue weighted by molar-refractivity contribution is 0.0729. The molecule has 0 aliphatic carbocycles. The van der Waals surface area contributed by atoms with Crippen LogP contribution in [0.3, 0.4) is 0 Å². The molecule has 1 aliphatic heterocycles. The molecule has 1 heterocycles. The van der Waals surface area contributed by atoms with E-state index in [9.17, 15) is 52.7 Å². The molecule has 0 aromatic heterocycles. The van der Waals surface area contributed by atoms with Gasteiger partial charge in [0.1, 0.15) is 34.5 Å². The van der Waals surface area contributed by atoms with E-state index in [1.807, 2.05) is 98.9 Å². The number of terminal acetylenes is 2. The van der Waals surface area contributed by atoms with Gasteiger partial charge in [-0.05, 0) is 298 Å². The highest BCUT2D eigenvalue weighted by Gasteiger charge is 2.38. The number of Topliss-reactive ketones (excluding diaryl/α,β-unsaturated/α-hetero) is 1. The lowest BCUT2D eigenvalue weighted by Gasteiger charge is -2.17. The lowest BCUT2D eigenvalue weighted by atomic mass is 10.1. The van der Waals surface area contributed by atoms with Crippen LogP contribution in [0.1, 0.15) is 160 Å². The molecule has 0 saturated heterocycles. The van der Waals surface area contributed by atoms with Gasteiger partial charge in [-0.15, -0.1) is 12.8 Å². The highest BCUT2D eigenvalue weighted by molar-refractivity contribution is 6.35. The predicted octanol–water partition coefficient (Wildman–Crippen LogP) is 20.8. The summed E-state index contributed by atoms with van der Waals surface area (Å²) in [5.74, 6) is 14.9. The second-order valence-corrected chi connectivity index (χ2v) is 30.2. The number of nitrogens with one attached hydrogen (secondary N) is 7. The molecule has 0 unspecified atom stereocenters. The second-order valence-electron chi connectivity index (χ2n) is 30.2. The molecule has 15 aromatic rings. The first kappa shape index (κ1) is 92.7. The molecule has 0 radical (unpaired) electrons. The van der Waals surface area contributed by atoms with Gasteiger partial charge in [0.15, 0.2) is 5.78 Å². The average molecular weight is 1790 g/mol. The summed E-state index contributed by atoms with van der Waals surface area (Å²) in [5, 5.41) is 19.7. The number of benzene rings is 15. The van der Waals surface area contributed by atoms with Crippen LogP contribution < -0.4 is 61.1 Å². The quantitative estimate of drug-likeness (QED) is 0.0109. The molecule has 0 fully saturated rings. The van der Waals surface area contributed by atoms with E-state index in [1.54, 1.807) is 231 Å². The first-order valence-electron chi connectivity index (χ1n) is 42.1. The second kappa shape index (κ2) is 44.0. The van der Waals surface area contributed by atoms with Crippen LogP contribution in [0, 0.1) is 55.3 Å². The minimum absolute atomic E-state index is 0.0372. The molecule has 23 nitrogen and oxygen atoms in total. The van der Waals surface area contributed by atoms with E-state index in [4.69, 9.17) is 31.8 Å². The largest absolute Gasteiger partial charge is 0.457 e. The van der Waals surface area contributed by atoms with Gasteiger partial charge in [-0.2, -0.15) is 0 Å². The van der Waals surface area contributed by atoms with Gasteiger partial charge in [0, 0.05) is 121 Å². The number of rotatable bonds is 22. The van der Waals surface area contributed by atoms with E-state index in [0.29, 0.717) is 107 Å². The first-order valence-corrected chi connectivity index (χ1v) is 42.1. The summed E-state index contributed by atoms with van der Waals surface area (Å²) in [4.78, 5) is 143. The molecule has 23 heteroatoms. The molecule has 7 N–H and O–H groups in total. The average Bonchev–Trinajstić information content (AvgIpc) is 1.61. The zero-order valence-corrected chi connectivity index (χ0v) is 73.3. The molecule has 0 spiro atoms. The number of hydrogen-bond acceptors (Lipinski definition) is 16. The van der Waals surface area contributed by atoms with Crippen LogP contribution in [0.15, 0.2) is 358 Å². The van der Waals surface area contributed by atoms with Crippen LogP contribution in [0.2, 0.25) is 0 Å². The van der Waals surface area contributed by atoms with Gasteiger partial charge in [0.2, 0.25) is 0 Å². The Bertz CT molecular complexity index is 7260. The minimum atomic E-state index is -0.849. The number of anilines is 7. The van der Waals surface area contributed by atoms with Gasteiger partial charge >= 0.3 is 11.9 Å². The van der Waals surface area contributed by atoms with E-state index >= 15 is 0 Å². The Balaban J connectivity index is 0.000000166. The molecular weight excluding hydrogens is 1710 g/mol. The van der Waals surface area contributed by atoms with Crippen molar-refractivity contribution in [1.29, 1.82) is 0 Å². The van der Waals surface area contributed by atoms with Crippen molar-refractivity contribution in [3.05, 3.63) is 458 Å². The first-order chi connectivity index (χ1) is 65.9. The normalized spacial score (nSPS) is 10.6. The summed E-state index contributed by atoms with van der Waals surface area (Å²) in [7, 11) is 3.38. The highest BCUT2D eigenvalue weighted by atomic mass is 16.5. The standard InChI is InChI=1S/C46H25NO6.C37H30N4O4.C30H25N3O5/c1-2-31-23-24-41-42(27-31)44(49)47(43(41)48)38-29-36(45(50)52-39-17-9-15-34(25-39)21-19-32-11-5-3-6-12-32)28-37(30-38)46(51)53-40-18-10-16-35(26-40)22-20-33-13-7-4-8-14-33;1-4-25-7-5-10-31(21-25)40-37(44)28-19-24(2)20-32(23-28)41-36(43)27-9-6-8-26(22-27)35(42)39-30-13-17-34(18-14-30)45-33-15-11-29(38-3)12-16-33;1-19(34)20-5-3-7-22(17-20)29(36)32-24-9-13-26(14-10-24)38-27-15-11-25(12-16-27)33-30(37)23-8-4-6-21(18-23)28(35)31-2/h1,3-18,23-30H;1,5-23,38H,2-3H3,(H,39,42)(H,40,44)(H,41,43);3-18H,1-2H3,(H,31,35)(H,32,36)(H,33,37). The van der Waals surface area contributed by atoms with Gasteiger partial charge < -0.3 is 56.2 Å². The monoisotopic (exact) mass is 1790 g/mol. The summed E-state index contributed by atoms with van der Waals surface area (Å²) in [5.41, 5.74) is 11.0. The smallest absolute Gasteiger partial charge is 0.343 e. The summed E-state index contributed by atoms with van der Waals surface area (Å²) in [6.45, 7) is 3.28. The molecule has 8 amide bonds. The maximum Gasteiger partial charge on any atom is 0.343 e. The third kappa shape index (κ3) is 24.9. The topological polar surface area (TPSA) is 312 Å². The Morgan fingerprint density at radius 2 is 0.640 bits per heavy atom. The Kier molecular flexibility index (Phi) is 30.0. The maximum absolute atomic E-state index is 13.7. The van der Waals surface area contributed by atoms with Crippen molar-refractivity contribution in [2.24, 2.45) is 0 Å². The van der Waals surface area contributed by atoms with E-state index in [-0.39, 0.29) is 80.3 Å². The zero-order chi connectivity index (χ0) is 95.6. The summed E-state index contributed by atoms with van der Waals surface area (Å²) in [6, 6.07) is 100. The van der Waals surface area contributed by atoms with Gasteiger partial charge in [0.25, 0.3) is 47.3 Å². The number of hydrogen-bond donors (Lipinski definition) is 7. The molecule has 0 saturated carbocycles. The number of imide groups is 1. The predicted molar refractivity (Wildman–Crippen MR) is 523 cm³/mol. The summed E-state index contributed by atoms with van der Waals surface area (Å²) in [6.07, 6.45) is 11.0.